The first-order valence-corrected chi connectivity index (χ1v) is 4.83. The number of rotatable bonds is 2. The van der Waals surface area contributed by atoms with Crippen LogP contribution in [0.5, 0.6) is 0 Å². The van der Waals surface area contributed by atoms with Crippen molar-refractivity contribution in [1.29, 1.82) is 5.26 Å². The van der Waals surface area contributed by atoms with E-state index in [4.69, 9.17) is 10.4 Å². The SMILES string of the molecule is CC(=O)Nc1c(C(=O)O)sc(C)c1C#N. The molecule has 1 aromatic heterocycles. The molecule has 0 unspecified atom stereocenters. The summed E-state index contributed by atoms with van der Waals surface area (Å²) >= 11 is 0.979. The second-order valence-electron chi connectivity index (χ2n) is 2.84. The quantitative estimate of drug-likeness (QED) is 0.798. The van der Waals surface area contributed by atoms with Gasteiger partial charge in [-0.3, -0.25) is 4.79 Å². The number of nitriles is 1. The highest BCUT2D eigenvalue weighted by atomic mass is 32.1. The van der Waals surface area contributed by atoms with E-state index in [1.54, 1.807) is 6.92 Å². The summed E-state index contributed by atoms with van der Waals surface area (Å²) in [4.78, 5) is 22.3. The van der Waals surface area contributed by atoms with Crippen LogP contribution in [0.15, 0.2) is 0 Å². The Morgan fingerprint density at radius 1 is 1.53 bits per heavy atom. The van der Waals surface area contributed by atoms with Gasteiger partial charge in [0.2, 0.25) is 5.91 Å². The largest absolute Gasteiger partial charge is 0.477 e. The standard InChI is InChI=1S/C9H8N2O3S/c1-4-6(3-10)7(11-5(2)12)8(15-4)9(13)14/h1-2H3,(H,11,12)(H,13,14). The van der Waals surface area contributed by atoms with E-state index in [-0.39, 0.29) is 16.1 Å². The molecule has 0 fully saturated rings. The van der Waals surface area contributed by atoms with E-state index in [1.165, 1.54) is 6.92 Å². The van der Waals surface area contributed by atoms with Crippen LogP contribution >= 0.6 is 11.3 Å². The minimum Gasteiger partial charge on any atom is -0.477 e. The maximum atomic E-state index is 10.9. The smallest absolute Gasteiger partial charge is 0.348 e. The van der Waals surface area contributed by atoms with Crippen LogP contribution in [0.2, 0.25) is 0 Å². The van der Waals surface area contributed by atoms with Crippen molar-refractivity contribution in [3.05, 3.63) is 15.3 Å². The second-order valence-corrected chi connectivity index (χ2v) is 4.06. The van der Waals surface area contributed by atoms with Crippen LogP contribution in [0, 0.1) is 18.3 Å². The summed E-state index contributed by atoms with van der Waals surface area (Å²) in [6.45, 7) is 2.90. The molecule has 5 nitrogen and oxygen atoms in total. The third-order valence-electron chi connectivity index (χ3n) is 1.69. The monoisotopic (exact) mass is 224 g/mol. The number of anilines is 1. The Morgan fingerprint density at radius 2 is 2.13 bits per heavy atom. The first-order chi connectivity index (χ1) is 6.97. The van der Waals surface area contributed by atoms with E-state index in [2.05, 4.69) is 5.32 Å². The maximum Gasteiger partial charge on any atom is 0.348 e. The fraction of sp³-hybridized carbons (Fsp3) is 0.222. The van der Waals surface area contributed by atoms with Crippen LogP contribution in [0.1, 0.15) is 27.0 Å². The number of carbonyl (C=O) groups excluding carboxylic acids is 1. The lowest BCUT2D eigenvalue weighted by molar-refractivity contribution is -0.114. The Balaban J connectivity index is 3.36. The average Bonchev–Trinajstić information content (AvgIpc) is 2.41. The van der Waals surface area contributed by atoms with Crippen LogP contribution in [0.4, 0.5) is 5.69 Å². The number of carbonyl (C=O) groups is 2. The molecule has 1 rings (SSSR count). The van der Waals surface area contributed by atoms with E-state index >= 15 is 0 Å². The molecule has 0 aromatic carbocycles. The zero-order valence-electron chi connectivity index (χ0n) is 8.12. The van der Waals surface area contributed by atoms with E-state index in [0.717, 1.165) is 11.3 Å². The third kappa shape index (κ3) is 2.14. The van der Waals surface area contributed by atoms with E-state index in [1.807, 2.05) is 6.07 Å². The summed E-state index contributed by atoms with van der Waals surface area (Å²) in [6, 6.07) is 1.88. The number of aryl methyl sites for hydroxylation is 1. The molecule has 6 heteroatoms. The number of nitrogens with one attached hydrogen (secondary N) is 1. The van der Waals surface area contributed by atoms with E-state index in [9.17, 15) is 9.59 Å². The number of aromatic carboxylic acids is 1. The molecule has 78 valence electrons. The number of carboxylic acids is 1. The molecule has 15 heavy (non-hydrogen) atoms. The average molecular weight is 224 g/mol. The van der Waals surface area contributed by atoms with Crippen molar-refractivity contribution in [2.75, 3.05) is 5.32 Å². The third-order valence-corrected chi connectivity index (χ3v) is 2.78. The van der Waals surface area contributed by atoms with E-state index in [0.29, 0.717) is 4.88 Å². The number of nitrogens with zero attached hydrogens (tertiary/aromatic N) is 1. The van der Waals surface area contributed by atoms with Crippen LogP contribution in [0.25, 0.3) is 0 Å². The highest BCUT2D eigenvalue weighted by Crippen LogP contribution is 2.32. The van der Waals surface area contributed by atoms with Gasteiger partial charge in [0.1, 0.15) is 10.9 Å². The van der Waals surface area contributed by atoms with Gasteiger partial charge in [0.05, 0.1) is 11.3 Å². The van der Waals surface area contributed by atoms with Crippen LogP contribution < -0.4 is 5.32 Å². The predicted molar refractivity (Wildman–Crippen MR) is 55.0 cm³/mol. The minimum absolute atomic E-state index is 0.0146. The molecule has 0 atom stereocenters. The molecule has 2 N–H and O–H groups in total. The molecule has 1 amide bonds. The first-order valence-electron chi connectivity index (χ1n) is 4.01. The van der Waals surface area contributed by atoms with Crippen molar-refractivity contribution in [1.82, 2.24) is 0 Å². The van der Waals surface area contributed by atoms with Crippen LogP contribution in [-0.4, -0.2) is 17.0 Å². The summed E-state index contributed by atoms with van der Waals surface area (Å²) in [5.41, 5.74) is 0.313. The van der Waals surface area contributed by atoms with Gasteiger partial charge in [-0.2, -0.15) is 5.26 Å². The van der Waals surface area contributed by atoms with Gasteiger partial charge in [-0.1, -0.05) is 0 Å². The molecule has 0 saturated carbocycles. The first kappa shape index (κ1) is 11.2. The number of amides is 1. The molecule has 0 aliphatic carbocycles. The van der Waals surface area contributed by atoms with E-state index < -0.39 is 11.9 Å². The van der Waals surface area contributed by atoms with Crippen molar-refractivity contribution in [3.8, 4) is 6.07 Å². The molecular weight excluding hydrogens is 216 g/mol. The lowest BCUT2D eigenvalue weighted by atomic mass is 10.2. The van der Waals surface area contributed by atoms with Gasteiger partial charge in [0, 0.05) is 11.8 Å². The highest BCUT2D eigenvalue weighted by Gasteiger charge is 2.21. The fourth-order valence-corrected chi connectivity index (χ4v) is 2.02. The van der Waals surface area contributed by atoms with Gasteiger partial charge in [0.15, 0.2) is 0 Å². The molecule has 0 spiro atoms. The van der Waals surface area contributed by atoms with Gasteiger partial charge in [-0.05, 0) is 6.92 Å². The van der Waals surface area contributed by atoms with Crippen molar-refractivity contribution in [3.63, 3.8) is 0 Å². The zero-order chi connectivity index (χ0) is 11.6. The van der Waals surface area contributed by atoms with Crippen molar-refractivity contribution < 1.29 is 14.7 Å². The topological polar surface area (TPSA) is 90.2 Å². The Labute approximate surface area is 90.0 Å². The van der Waals surface area contributed by atoms with Gasteiger partial charge in [-0.15, -0.1) is 11.3 Å². The van der Waals surface area contributed by atoms with Crippen molar-refractivity contribution >= 4 is 28.9 Å². The Morgan fingerprint density at radius 3 is 2.53 bits per heavy atom. The molecular formula is C9H8N2O3S. The molecule has 0 saturated heterocycles. The van der Waals surface area contributed by atoms with Gasteiger partial charge in [-0.25, -0.2) is 4.79 Å². The van der Waals surface area contributed by atoms with Crippen molar-refractivity contribution in [2.45, 2.75) is 13.8 Å². The molecule has 0 radical (unpaired) electrons. The Kier molecular flexibility index (Phi) is 3.07. The summed E-state index contributed by atoms with van der Waals surface area (Å²) in [6.07, 6.45) is 0. The lowest BCUT2D eigenvalue weighted by Gasteiger charge is -2.00. The summed E-state index contributed by atoms with van der Waals surface area (Å²) in [5.74, 6) is -1.54. The van der Waals surface area contributed by atoms with Crippen LogP contribution in [0.3, 0.4) is 0 Å². The van der Waals surface area contributed by atoms with Gasteiger partial charge < -0.3 is 10.4 Å². The summed E-state index contributed by atoms with van der Waals surface area (Å²) in [5, 5.41) is 20.0. The Bertz CT molecular complexity index is 470. The summed E-state index contributed by atoms with van der Waals surface area (Å²) in [7, 11) is 0. The Hall–Kier alpha value is -1.87. The molecule has 0 aliphatic rings. The maximum absolute atomic E-state index is 10.9. The van der Waals surface area contributed by atoms with Gasteiger partial charge >= 0.3 is 5.97 Å². The normalized spacial score (nSPS) is 9.40. The zero-order valence-corrected chi connectivity index (χ0v) is 8.94. The lowest BCUT2D eigenvalue weighted by Crippen LogP contribution is -2.09. The van der Waals surface area contributed by atoms with Crippen molar-refractivity contribution in [2.24, 2.45) is 0 Å². The molecule has 0 aliphatic heterocycles. The van der Waals surface area contributed by atoms with Gasteiger partial charge in [0.25, 0.3) is 0 Å². The number of hydrogen-bond donors (Lipinski definition) is 2. The minimum atomic E-state index is -1.15. The predicted octanol–water partition coefficient (Wildman–Crippen LogP) is 1.58. The van der Waals surface area contributed by atoms with Crippen LogP contribution in [-0.2, 0) is 4.79 Å². The number of carboxylic acid groups (broad SMARTS) is 1. The molecule has 1 heterocycles. The fourth-order valence-electron chi connectivity index (χ4n) is 1.13. The second kappa shape index (κ2) is 4.11. The number of thiophene rings is 1. The number of hydrogen-bond acceptors (Lipinski definition) is 4. The molecule has 0 bridgehead atoms. The highest BCUT2D eigenvalue weighted by molar-refractivity contribution is 7.14. The molecule has 1 aromatic rings. The summed E-state index contributed by atoms with van der Waals surface area (Å²) < 4.78 is 0.